The van der Waals surface area contributed by atoms with Crippen LogP contribution in [0.25, 0.3) is 11.0 Å². The molecule has 0 bridgehead atoms. The van der Waals surface area contributed by atoms with Crippen molar-refractivity contribution >= 4 is 26.7 Å². The summed E-state index contributed by atoms with van der Waals surface area (Å²) in [6, 6.07) is 8.37. The summed E-state index contributed by atoms with van der Waals surface area (Å²) in [5.41, 5.74) is -0.438. The SMILES string of the molecule is CNS(=O)(=O)c1ccc(N2CCN(Cc3cnc4c(C)c(C(F)(F)F)c(=O)[nH]c4c3)CC2)cc1. The minimum Gasteiger partial charge on any atom is -0.369 e. The molecule has 1 saturated heterocycles. The van der Waals surface area contributed by atoms with Gasteiger partial charge in [0, 0.05) is 44.6 Å². The van der Waals surface area contributed by atoms with Gasteiger partial charge in [0.15, 0.2) is 0 Å². The molecule has 0 unspecified atom stereocenters. The monoisotopic (exact) mass is 495 g/mol. The first-order chi connectivity index (χ1) is 16.0. The van der Waals surface area contributed by atoms with Crippen molar-refractivity contribution in [3.63, 3.8) is 0 Å². The molecule has 2 aromatic heterocycles. The van der Waals surface area contributed by atoms with Gasteiger partial charge in [0.2, 0.25) is 10.0 Å². The number of aromatic nitrogens is 2. The van der Waals surface area contributed by atoms with Gasteiger partial charge in [-0.25, -0.2) is 13.1 Å². The zero-order chi connectivity index (χ0) is 24.7. The average Bonchev–Trinajstić information content (AvgIpc) is 2.78. The Kier molecular flexibility index (Phi) is 6.40. The predicted molar refractivity (Wildman–Crippen MR) is 122 cm³/mol. The highest BCUT2D eigenvalue weighted by Gasteiger charge is 2.36. The normalized spacial score (nSPS) is 15.7. The number of aromatic amines is 1. The average molecular weight is 496 g/mol. The highest BCUT2D eigenvalue weighted by atomic mass is 32.2. The maximum atomic E-state index is 13.2. The second-order valence-electron chi connectivity index (χ2n) is 8.16. The number of halogens is 3. The number of rotatable bonds is 5. The third-order valence-electron chi connectivity index (χ3n) is 5.99. The molecule has 0 amide bonds. The molecule has 0 saturated carbocycles. The zero-order valence-electron chi connectivity index (χ0n) is 18.6. The molecule has 34 heavy (non-hydrogen) atoms. The number of nitrogens with zero attached hydrogens (tertiary/aromatic N) is 3. The van der Waals surface area contributed by atoms with E-state index in [-0.39, 0.29) is 21.5 Å². The molecule has 182 valence electrons. The fourth-order valence-electron chi connectivity index (χ4n) is 4.18. The molecular weight excluding hydrogens is 471 g/mol. The lowest BCUT2D eigenvalue weighted by atomic mass is 10.1. The molecule has 2 N–H and O–H groups in total. The Morgan fingerprint density at radius 1 is 1.12 bits per heavy atom. The van der Waals surface area contributed by atoms with Gasteiger partial charge in [-0.2, -0.15) is 13.2 Å². The second-order valence-corrected chi connectivity index (χ2v) is 10.0. The largest absolute Gasteiger partial charge is 0.422 e. The summed E-state index contributed by atoms with van der Waals surface area (Å²) in [6.45, 7) is 4.72. The number of fused-ring (bicyclic) bond motifs is 1. The van der Waals surface area contributed by atoms with Crippen molar-refractivity contribution in [3.05, 3.63) is 63.6 Å². The van der Waals surface area contributed by atoms with Crippen molar-refractivity contribution in [2.75, 3.05) is 38.1 Å². The van der Waals surface area contributed by atoms with E-state index in [9.17, 15) is 26.4 Å². The van der Waals surface area contributed by atoms with Crippen molar-refractivity contribution in [1.82, 2.24) is 19.6 Å². The maximum absolute atomic E-state index is 13.2. The molecule has 1 fully saturated rings. The Bertz CT molecular complexity index is 1360. The van der Waals surface area contributed by atoms with E-state index in [0.29, 0.717) is 6.54 Å². The van der Waals surface area contributed by atoms with Gasteiger partial charge in [-0.1, -0.05) is 0 Å². The highest BCUT2D eigenvalue weighted by Crippen LogP contribution is 2.31. The van der Waals surface area contributed by atoms with E-state index < -0.39 is 27.3 Å². The van der Waals surface area contributed by atoms with Crippen LogP contribution in [0.2, 0.25) is 0 Å². The molecule has 3 aromatic rings. The minimum absolute atomic E-state index is 0.129. The van der Waals surface area contributed by atoms with Gasteiger partial charge in [0.1, 0.15) is 5.56 Å². The third-order valence-corrected chi connectivity index (χ3v) is 7.42. The number of aryl methyl sites for hydroxylation is 1. The van der Waals surface area contributed by atoms with Crippen LogP contribution in [0, 0.1) is 6.92 Å². The van der Waals surface area contributed by atoms with Gasteiger partial charge in [-0.3, -0.25) is 14.7 Å². The zero-order valence-corrected chi connectivity index (χ0v) is 19.4. The van der Waals surface area contributed by atoms with E-state index in [1.54, 1.807) is 36.5 Å². The fraction of sp³-hybridized carbons (Fsp3) is 0.364. The highest BCUT2D eigenvalue weighted by molar-refractivity contribution is 7.89. The predicted octanol–water partition coefficient (Wildman–Crippen LogP) is 2.48. The van der Waals surface area contributed by atoms with E-state index in [1.807, 2.05) is 0 Å². The molecule has 0 radical (unpaired) electrons. The van der Waals surface area contributed by atoms with E-state index in [2.05, 4.69) is 24.5 Å². The number of benzene rings is 1. The van der Waals surface area contributed by atoms with Gasteiger partial charge in [0.05, 0.1) is 15.9 Å². The molecule has 0 aliphatic carbocycles. The van der Waals surface area contributed by atoms with Crippen molar-refractivity contribution in [1.29, 1.82) is 0 Å². The maximum Gasteiger partial charge on any atom is 0.422 e. The lowest BCUT2D eigenvalue weighted by molar-refractivity contribution is -0.139. The quantitative estimate of drug-likeness (QED) is 0.565. The summed E-state index contributed by atoms with van der Waals surface area (Å²) in [4.78, 5) is 23.1. The Labute approximate surface area is 194 Å². The van der Waals surface area contributed by atoms with Gasteiger partial charge in [-0.05, 0) is 55.4 Å². The molecule has 0 atom stereocenters. The van der Waals surface area contributed by atoms with Crippen LogP contribution < -0.4 is 15.2 Å². The first-order valence-corrected chi connectivity index (χ1v) is 12.1. The molecule has 8 nitrogen and oxygen atoms in total. The van der Waals surface area contributed by atoms with Crippen LogP contribution in [0.3, 0.4) is 0 Å². The first kappa shape index (κ1) is 24.2. The lowest BCUT2D eigenvalue weighted by Crippen LogP contribution is -2.46. The second kappa shape index (κ2) is 9.01. The summed E-state index contributed by atoms with van der Waals surface area (Å²) < 4.78 is 65.6. The summed E-state index contributed by atoms with van der Waals surface area (Å²) in [7, 11) is -2.11. The number of anilines is 1. The van der Waals surface area contributed by atoms with Crippen LogP contribution in [-0.4, -0.2) is 56.5 Å². The number of nitrogens with one attached hydrogen (secondary N) is 2. The number of H-pyrrole nitrogens is 1. The number of piperazine rings is 1. The van der Waals surface area contributed by atoms with E-state index in [1.165, 1.54) is 14.0 Å². The molecule has 3 heterocycles. The van der Waals surface area contributed by atoms with Crippen LogP contribution in [-0.2, 0) is 22.7 Å². The molecule has 1 aliphatic rings. The van der Waals surface area contributed by atoms with Crippen molar-refractivity contribution in [3.8, 4) is 0 Å². The summed E-state index contributed by atoms with van der Waals surface area (Å²) >= 11 is 0. The number of sulfonamides is 1. The molecule has 12 heteroatoms. The standard InChI is InChI=1S/C22H24F3N5O3S/c1-14-19(22(23,24)25)21(31)28-18-11-15(12-27-20(14)18)13-29-7-9-30(10-8-29)16-3-5-17(6-4-16)34(32,33)26-2/h3-6,11-12,26H,7-10,13H2,1-2H3,(H,28,31). The van der Waals surface area contributed by atoms with Crippen molar-refractivity contribution in [2.24, 2.45) is 0 Å². The summed E-state index contributed by atoms with van der Waals surface area (Å²) in [5, 5.41) is 0. The van der Waals surface area contributed by atoms with Crippen LogP contribution in [0.4, 0.5) is 18.9 Å². The van der Waals surface area contributed by atoms with Crippen molar-refractivity contribution < 1.29 is 21.6 Å². The van der Waals surface area contributed by atoms with E-state index >= 15 is 0 Å². The lowest BCUT2D eigenvalue weighted by Gasteiger charge is -2.36. The number of pyridine rings is 2. The van der Waals surface area contributed by atoms with Gasteiger partial charge < -0.3 is 9.88 Å². The number of hydrogen-bond donors (Lipinski definition) is 2. The molecular formula is C22H24F3N5O3S. The summed E-state index contributed by atoms with van der Waals surface area (Å²) in [5.74, 6) is 0. The van der Waals surface area contributed by atoms with Gasteiger partial charge >= 0.3 is 6.18 Å². The Hall–Kier alpha value is -2.96. The Balaban J connectivity index is 1.44. The van der Waals surface area contributed by atoms with E-state index in [0.717, 1.165) is 37.4 Å². The smallest absolute Gasteiger partial charge is 0.369 e. The fourth-order valence-corrected chi connectivity index (χ4v) is 4.91. The van der Waals surface area contributed by atoms with Crippen LogP contribution in [0.5, 0.6) is 0 Å². The van der Waals surface area contributed by atoms with Gasteiger partial charge in [-0.15, -0.1) is 0 Å². The molecule has 0 spiro atoms. The van der Waals surface area contributed by atoms with Crippen LogP contribution in [0.1, 0.15) is 16.7 Å². The van der Waals surface area contributed by atoms with Crippen molar-refractivity contribution in [2.45, 2.75) is 24.5 Å². The number of hydrogen-bond acceptors (Lipinski definition) is 6. The Morgan fingerprint density at radius 3 is 2.35 bits per heavy atom. The molecule has 1 aromatic carbocycles. The third kappa shape index (κ3) is 4.79. The molecule has 4 rings (SSSR count). The summed E-state index contributed by atoms with van der Waals surface area (Å²) in [6.07, 6.45) is -3.20. The van der Waals surface area contributed by atoms with Crippen LogP contribution >= 0.6 is 0 Å². The topological polar surface area (TPSA) is 98.4 Å². The van der Waals surface area contributed by atoms with E-state index in [4.69, 9.17) is 0 Å². The van der Waals surface area contributed by atoms with Crippen LogP contribution in [0.15, 0.2) is 46.2 Å². The van der Waals surface area contributed by atoms with Gasteiger partial charge in [0.25, 0.3) is 5.56 Å². The minimum atomic E-state index is -4.74. The Morgan fingerprint density at radius 2 is 1.76 bits per heavy atom. The molecule has 1 aliphatic heterocycles. The first-order valence-electron chi connectivity index (χ1n) is 10.6. The number of alkyl halides is 3.